The van der Waals surface area contributed by atoms with E-state index < -0.39 is 0 Å². The molecular weight excluding hydrogens is 669 g/mol. The van der Waals surface area contributed by atoms with E-state index in [4.69, 9.17) is 4.42 Å². The summed E-state index contributed by atoms with van der Waals surface area (Å²) >= 11 is 0. The topological polar surface area (TPSA) is 23.0 Å². The molecule has 1 atom stereocenters. The van der Waals surface area contributed by atoms with Gasteiger partial charge in [-0.15, -0.1) is 0 Å². The van der Waals surface area contributed by atoms with Crippen molar-refractivity contribution in [3.05, 3.63) is 173 Å². The molecule has 0 amide bonds. The maximum atomic E-state index is 6.98. The zero-order valence-electron chi connectivity index (χ0n) is 30.9. The number of allylic oxidation sites excluding steroid dienone is 5. The largest absolute Gasteiger partial charge is 0.455 e. The molecule has 0 aliphatic heterocycles. The lowest BCUT2D eigenvalue weighted by atomic mass is 9.98. The smallest absolute Gasteiger partial charge is 0.145 e. The van der Waals surface area contributed by atoms with E-state index in [-0.39, 0.29) is 0 Å². The Kier molecular flexibility index (Phi) is 7.41. The number of aryl methyl sites for hydroxylation is 1. The fraction of sp³-hybridized carbons (Fsp3) is 0.115. The molecule has 3 heterocycles. The molecular formula is C52H40N2O. The standard InChI is InChI=1S/C52H40N2O/c1-34-36(25-24-35-14-5-2-3-6-15-35)26-31-49-50(34)43-28-30-48-51(52(43)55-49)44-33-40(53-45-22-11-9-20-41(45)42-21-10-12-23-46(42)53)27-29-47(44)54(48)39-19-13-18-38(32-39)37-16-7-4-8-17-37/h2-5,7-9,11,13-14,16-33,35H,6,10,12,15H2,1H3/b25-24-. The minimum Gasteiger partial charge on any atom is -0.455 e. The number of benzene rings is 6. The summed E-state index contributed by atoms with van der Waals surface area (Å²) in [5.74, 6) is 0.435. The highest BCUT2D eigenvalue weighted by Crippen LogP contribution is 2.43. The Bertz CT molecular complexity index is 3220. The second kappa shape index (κ2) is 12.8. The van der Waals surface area contributed by atoms with Crippen LogP contribution >= 0.6 is 0 Å². The van der Waals surface area contributed by atoms with E-state index in [2.05, 4.69) is 186 Å². The molecule has 0 saturated carbocycles. The van der Waals surface area contributed by atoms with Gasteiger partial charge in [0.2, 0.25) is 0 Å². The summed E-state index contributed by atoms with van der Waals surface area (Å²) in [7, 11) is 0. The summed E-state index contributed by atoms with van der Waals surface area (Å²) in [6, 6.07) is 44.4. The minimum absolute atomic E-state index is 0.435. The molecule has 55 heavy (non-hydrogen) atoms. The van der Waals surface area contributed by atoms with E-state index in [1.807, 2.05) is 0 Å². The number of furan rings is 1. The van der Waals surface area contributed by atoms with Gasteiger partial charge in [-0.1, -0.05) is 115 Å². The number of para-hydroxylation sites is 1. The van der Waals surface area contributed by atoms with Crippen LogP contribution in [0.1, 0.15) is 36.8 Å². The van der Waals surface area contributed by atoms with E-state index in [0.717, 1.165) is 70.0 Å². The molecule has 0 saturated heterocycles. The third-order valence-corrected chi connectivity index (χ3v) is 11.9. The molecule has 3 aromatic heterocycles. The first-order valence-electron chi connectivity index (χ1n) is 19.6. The normalized spacial score (nSPS) is 15.7. The van der Waals surface area contributed by atoms with Crippen LogP contribution in [0.4, 0.5) is 0 Å². The van der Waals surface area contributed by atoms with Gasteiger partial charge in [0.25, 0.3) is 0 Å². The van der Waals surface area contributed by atoms with Crippen LogP contribution < -0.4 is 10.6 Å². The summed E-state index contributed by atoms with van der Waals surface area (Å²) in [4.78, 5) is 0. The Morgan fingerprint density at radius 3 is 2.38 bits per heavy atom. The van der Waals surface area contributed by atoms with Gasteiger partial charge in [-0.05, 0) is 115 Å². The van der Waals surface area contributed by atoms with Crippen molar-refractivity contribution in [1.82, 2.24) is 9.13 Å². The lowest BCUT2D eigenvalue weighted by molar-refractivity contribution is 0.672. The van der Waals surface area contributed by atoms with Crippen molar-refractivity contribution < 1.29 is 4.42 Å². The molecule has 11 rings (SSSR count). The van der Waals surface area contributed by atoms with Crippen molar-refractivity contribution in [3.63, 3.8) is 0 Å². The predicted octanol–water partition coefficient (Wildman–Crippen LogP) is 12.5. The summed E-state index contributed by atoms with van der Waals surface area (Å²) < 4.78 is 11.9. The van der Waals surface area contributed by atoms with Crippen LogP contribution in [0.15, 0.2) is 156 Å². The van der Waals surface area contributed by atoms with E-state index in [0.29, 0.717) is 5.92 Å². The summed E-state index contributed by atoms with van der Waals surface area (Å²) in [5.41, 5.74) is 12.6. The molecule has 6 aromatic carbocycles. The first kappa shape index (κ1) is 31.9. The third-order valence-electron chi connectivity index (χ3n) is 11.9. The lowest BCUT2D eigenvalue weighted by Crippen LogP contribution is -2.30. The average Bonchev–Trinajstić information content (AvgIpc) is 3.81. The number of hydrogen-bond acceptors (Lipinski definition) is 1. The number of rotatable bonds is 5. The molecule has 0 spiro atoms. The number of nitrogens with zero attached hydrogens (tertiary/aromatic N) is 2. The molecule has 0 radical (unpaired) electrons. The number of hydrogen-bond donors (Lipinski definition) is 0. The van der Waals surface area contributed by atoms with Gasteiger partial charge in [0.1, 0.15) is 11.2 Å². The molecule has 3 heteroatoms. The highest BCUT2D eigenvalue weighted by Gasteiger charge is 2.22. The molecule has 0 N–H and O–H groups in total. The van der Waals surface area contributed by atoms with Crippen LogP contribution in [0, 0.1) is 12.8 Å². The van der Waals surface area contributed by atoms with Gasteiger partial charge in [0.05, 0.1) is 21.9 Å². The van der Waals surface area contributed by atoms with Gasteiger partial charge < -0.3 is 13.6 Å². The Hall–Kier alpha value is -6.58. The first-order chi connectivity index (χ1) is 27.2. The van der Waals surface area contributed by atoms with Crippen LogP contribution in [-0.4, -0.2) is 9.13 Å². The zero-order chi connectivity index (χ0) is 36.5. The Morgan fingerprint density at radius 2 is 1.44 bits per heavy atom. The van der Waals surface area contributed by atoms with Crippen molar-refractivity contribution in [1.29, 1.82) is 0 Å². The van der Waals surface area contributed by atoms with Gasteiger partial charge in [-0.25, -0.2) is 0 Å². The highest BCUT2D eigenvalue weighted by molar-refractivity contribution is 6.24. The maximum absolute atomic E-state index is 6.98. The molecule has 2 aliphatic rings. The molecule has 3 nitrogen and oxygen atoms in total. The fourth-order valence-electron chi connectivity index (χ4n) is 9.24. The van der Waals surface area contributed by atoms with Gasteiger partial charge in [0, 0.05) is 43.5 Å². The molecule has 1 unspecified atom stereocenters. The Balaban J connectivity index is 1.18. The van der Waals surface area contributed by atoms with Gasteiger partial charge in [-0.3, -0.25) is 0 Å². The Morgan fingerprint density at radius 1 is 0.618 bits per heavy atom. The molecule has 2 aliphatic carbocycles. The van der Waals surface area contributed by atoms with Gasteiger partial charge in [-0.2, -0.15) is 0 Å². The molecule has 0 fully saturated rings. The van der Waals surface area contributed by atoms with Crippen LogP contribution in [0.3, 0.4) is 0 Å². The first-order valence-corrected chi connectivity index (χ1v) is 19.6. The second-order valence-electron chi connectivity index (χ2n) is 15.1. The predicted molar refractivity (Wildman–Crippen MR) is 233 cm³/mol. The molecule has 9 aromatic rings. The number of aromatic nitrogens is 2. The van der Waals surface area contributed by atoms with Crippen molar-refractivity contribution in [2.75, 3.05) is 0 Å². The fourth-order valence-corrected chi connectivity index (χ4v) is 9.24. The lowest BCUT2D eigenvalue weighted by Gasteiger charge is -2.11. The summed E-state index contributed by atoms with van der Waals surface area (Å²) in [5, 5.41) is 8.60. The van der Waals surface area contributed by atoms with E-state index in [9.17, 15) is 0 Å². The highest BCUT2D eigenvalue weighted by atomic mass is 16.3. The van der Waals surface area contributed by atoms with Gasteiger partial charge in [0.15, 0.2) is 0 Å². The number of fused-ring (bicyclic) bond motifs is 10. The second-order valence-corrected chi connectivity index (χ2v) is 15.1. The third kappa shape index (κ3) is 5.11. The van der Waals surface area contributed by atoms with Gasteiger partial charge >= 0.3 is 0 Å². The monoisotopic (exact) mass is 708 g/mol. The molecule has 0 bridgehead atoms. The summed E-state index contributed by atoms with van der Waals surface area (Å²) in [6.45, 7) is 2.25. The zero-order valence-corrected chi connectivity index (χ0v) is 30.9. The average molecular weight is 709 g/mol. The van der Waals surface area contributed by atoms with E-state index in [1.165, 1.54) is 54.5 Å². The van der Waals surface area contributed by atoms with Crippen LogP contribution in [0.2, 0.25) is 0 Å². The van der Waals surface area contributed by atoms with Crippen molar-refractivity contribution in [2.45, 2.75) is 32.6 Å². The van der Waals surface area contributed by atoms with E-state index >= 15 is 0 Å². The Labute approximate surface area is 319 Å². The minimum atomic E-state index is 0.435. The molecule has 264 valence electrons. The maximum Gasteiger partial charge on any atom is 0.145 e. The van der Waals surface area contributed by atoms with Crippen molar-refractivity contribution in [3.8, 4) is 22.5 Å². The van der Waals surface area contributed by atoms with Crippen molar-refractivity contribution in [2.24, 2.45) is 5.92 Å². The van der Waals surface area contributed by atoms with Crippen LogP contribution in [-0.2, 0) is 0 Å². The van der Waals surface area contributed by atoms with Crippen LogP contribution in [0.5, 0.6) is 0 Å². The van der Waals surface area contributed by atoms with Crippen molar-refractivity contribution >= 4 is 72.9 Å². The quantitative estimate of drug-likeness (QED) is 0.175. The van der Waals surface area contributed by atoms with Crippen LogP contribution in [0.25, 0.3) is 95.4 Å². The summed E-state index contributed by atoms with van der Waals surface area (Å²) in [6.07, 6.45) is 22.7. The SMILES string of the molecule is Cc1c(/C=C\C2C=CC=CCC2)ccc2oc3c(ccc4c3c3cc(-n5c6c(c7ccccc75)=CCCC=6)ccc3n4-c3cccc(-c4ccccc4)c3)c12. The van der Waals surface area contributed by atoms with E-state index in [1.54, 1.807) is 0 Å².